The average molecular weight is 250 g/mol. The van der Waals surface area contributed by atoms with Crippen molar-refractivity contribution in [3.63, 3.8) is 0 Å². The Balaban J connectivity index is 2.62. The summed E-state index contributed by atoms with van der Waals surface area (Å²) in [6.45, 7) is 4.41. The quantitative estimate of drug-likeness (QED) is 0.842. The Hall–Kier alpha value is -2.04. The number of carbonyl (C=O) groups is 2. The monoisotopic (exact) mass is 250 g/mol. The molecule has 1 rings (SSSR count). The van der Waals surface area contributed by atoms with Crippen LogP contribution in [-0.4, -0.2) is 35.1 Å². The molecule has 0 aliphatic heterocycles. The van der Waals surface area contributed by atoms with Gasteiger partial charge in [0, 0.05) is 18.8 Å². The highest BCUT2D eigenvalue weighted by Crippen LogP contribution is 2.13. The van der Waals surface area contributed by atoms with E-state index >= 15 is 0 Å². The Labute approximate surface area is 106 Å². The van der Waals surface area contributed by atoms with Gasteiger partial charge in [-0.3, -0.25) is 4.79 Å². The van der Waals surface area contributed by atoms with Crippen LogP contribution in [0.2, 0.25) is 0 Å². The first-order valence-corrected chi connectivity index (χ1v) is 5.88. The Morgan fingerprint density at radius 3 is 2.56 bits per heavy atom. The van der Waals surface area contributed by atoms with E-state index in [2.05, 4.69) is 5.32 Å². The number of rotatable bonds is 5. The van der Waals surface area contributed by atoms with Crippen LogP contribution < -0.4 is 5.32 Å². The van der Waals surface area contributed by atoms with Gasteiger partial charge < -0.3 is 15.3 Å². The van der Waals surface area contributed by atoms with Crippen molar-refractivity contribution in [3.05, 3.63) is 29.8 Å². The normalized spacial score (nSPS) is 9.89. The molecule has 0 saturated carbocycles. The molecule has 0 spiro atoms. The molecule has 0 aliphatic carbocycles. The second-order valence-corrected chi connectivity index (χ2v) is 3.97. The van der Waals surface area contributed by atoms with Gasteiger partial charge in [0.1, 0.15) is 0 Å². The van der Waals surface area contributed by atoms with E-state index in [-0.39, 0.29) is 19.0 Å². The maximum absolute atomic E-state index is 11.9. The molecule has 98 valence electrons. The van der Waals surface area contributed by atoms with Crippen molar-refractivity contribution in [2.24, 2.45) is 0 Å². The Morgan fingerprint density at radius 2 is 2.00 bits per heavy atom. The van der Waals surface area contributed by atoms with Crippen LogP contribution in [0.3, 0.4) is 0 Å². The van der Waals surface area contributed by atoms with Crippen LogP contribution in [0, 0.1) is 6.92 Å². The summed E-state index contributed by atoms with van der Waals surface area (Å²) in [6, 6.07) is 7.19. The van der Waals surface area contributed by atoms with Gasteiger partial charge in [-0.1, -0.05) is 18.2 Å². The predicted molar refractivity (Wildman–Crippen MR) is 69.7 cm³/mol. The molecule has 1 aromatic rings. The molecule has 0 radical (unpaired) electrons. The van der Waals surface area contributed by atoms with Crippen molar-refractivity contribution in [1.29, 1.82) is 0 Å². The number of urea groups is 1. The Bertz CT molecular complexity index is 432. The molecule has 5 heteroatoms. The predicted octanol–water partition coefficient (Wildman–Crippen LogP) is 2.32. The zero-order valence-electron chi connectivity index (χ0n) is 10.6. The molecule has 2 amide bonds. The number of hydrogen-bond donors (Lipinski definition) is 2. The molecule has 0 saturated heterocycles. The number of carboxylic acid groups (broad SMARTS) is 1. The molecule has 18 heavy (non-hydrogen) atoms. The van der Waals surface area contributed by atoms with Crippen molar-refractivity contribution in [2.45, 2.75) is 20.3 Å². The molecule has 1 aromatic carbocycles. The molecule has 0 unspecified atom stereocenters. The third-order valence-electron chi connectivity index (χ3n) is 2.65. The van der Waals surface area contributed by atoms with E-state index in [0.717, 1.165) is 11.3 Å². The summed E-state index contributed by atoms with van der Waals surface area (Å²) in [4.78, 5) is 23.9. The van der Waals surface area contributed by atoms with Crippen molar-refractivity contribution in [3.8, 4) is 0 Å². The number of benzene rings is 1. The van der Waals surface area contributed by atoms with E-state index in [1.54, 1.807) is 0 Å². The van der Waals surface area contributed by atoms with Gasteiger partial charge in [0.2, 0.25) is 0 Å². The van der Waals surface area contributed by atoms with E-state index < -0.39 is 5.97 Å². The maximum atomic E-state index is 11.9. The van der Waals surface area contributed by atoms with Crippen molar-refractivity contribution >= 4 is 17.7 Å². The van der Waals surface area contributed by atoms with Crippen LogP contribution in [-0.2, 0) is 4.79 Å². The van der Waals surface area contributed by atoms with Crippen LogP contribution in [0.25, 0.3) is 0 Å². The minimum atomic E-state index is -0.905. The van der Waals surface area contributed by atoms with E-state index in [9.17, 15) is 9.59 Å². The lowest BCUT2D eigenvalue weighted by Gasteiger charge is -2.21. The Kier molecular flexibility index (Phi) is 5.17. The van der Waals surface area contributed by atoms with Gasteiger partial charge in [-0.2, -0.15) is 0 Å². The molecule has 0 fully saturated rings. The van der Waals surface area contributed by atoms with Gasteiger partial charge >= 0.3 is 12.0 Å². The highest BCUT2D eigenvalue weighted by Gasteiger charge is 2.13. The summed E-state index contributed by atoms with van der Waals surface area (Å²) >= 11 is 0. The van der Waals surface area contributed by atoms with Gasteiger partial charge in [-0.15, -0.1) is 0 Å². The van der Waals surface area contributed by atoms with E-state index in [1.807, 2.05) is 38.1 Å². The van der Waals surface area contributed by atoms with Crippen LogP contribution in [0.4, 0.5) is 10.5 Å². The first kappa shape index (κ1) is 14.0. The summed E-state index contributed by atoms with van der Waals surface area (Å²) in [5.74, 6) is -0.905. The zero-order chi connectivity index (χ0) is 13.5. The number of hydrogen-bond acceptors (Lipinski definition) is 2. The van der Waals surface area contributed by atoms with Crippen molar-refractivity contribution in [1.82, 2.24) is 4.90 Å². The van der Waals surface area contributed by atoms with Gasteiger partial charge in [-0.25, -0.2) is 4.79 Å². The van der Waals surface area contributed by atoms with E-state index in [1.165, 1.54) is 4.90 Å². The minimum absolute atomic E-state index is 0.0466. The lowest BCUT2D eigenvalue weighted by molar-refractivity contribution is -0.137. The van der Waals surface area contributed by atoms with Crippen LogP contribution in [0.5, 0.6) is 0 Å². The molecular weight excluding hydrogens is 232 g/mol. The number of nitrogens with zero attached hydrogens (tertiary/aromatic N) is 1. The number of aryl methyl sites for hydroxylation is 1. The second kappa shape index (κ2) is 6.64. The number of para-hydroxylation sites is 1. The maximum Gasteiger partial charge on any atom is 0.321 e. The molecule has 2 N–H and O–H groups in total. The van der Waals surface area contributed by atoms with Crippen LogP contribution in [0.1, 0.15) is 18.9 Å². The number of nitrogens with one attached hydrogen (secondary N) is 1. The fourth-order valence-electron chi connectivity index (χ4n) is 1.54. The van der Waals surface area contributed by atoms with E-state index in [0.29, 0.717) is 6.54 Å². The second-order valence-electron chi connectivity index (χ2n) is 3.97. The standard InChI is InChI=1S/C13H18N2O3/c1-3-15(9-8-12(16)17)13(18)14-11-7-5-4-6-10(11)2/h4-7H,3,8-9H2,1-2H3,(H,14,18)(H,16,17). The lowest BCUT2D eigenvalue weighted by atomic mass is 10.2. The van der Waals surface area contributed by atoms with Gasteiger partial charge in [-0.05, 0) is 25.5 Å². The van der Waals surface area contributed by atoms with Gasteiger partial charge in [0.15, 0.2) is 0 Å². The first-order chi connectivity index (χ1) is 8.54. The van der Waals surface area contributed by atoms with E-state index in [4.69, 9.17) is 5.11 Å². The summed E-state index contributed by atoms with van der Waals surface area (Å²) in [5.41, 5.74) is 1.72. The largest absolute Gasteiger partial charge is 0.481 e. The summed E-state index contributed by atoms with van der Waals surface area (Å²) in [7, 11) is 0. The fraction of sp³-hybridized carbons (Fsp3) is 0.385. The average Bonchev–Trinajstić information content (AvgIpc) is 2.32. The molecule has 0 bridgehead atoms. The summed E-state index contributed by atoms with van der Waals surface area (Å²) in [5, 5.41) is 11.4. The van der Waals surface area contributed by atoms with Crippen molar-refractivity contribution in [2.75, 3.05) is 18.4 Å². The smallest absolute Gasteiger partial charge is 0.321 e. The summed E-state index contributed by atoms with van der Waals surface area (Å²) < 4.78 is 0. The molecule has 5 nitrogen and oxygen atoms in total. The first-order valence-electron chi connectivity index (χ1n) is 5.88. The zero-order valence-corrected chi connectivity index (χ0v) is 10.6. The number of carboxylic acids is 1. The molecular formula is C13H18N2O3. The fourth-order valence-corrected chi connectivity index (χ4v) is 1.54. The molecule has 0 atom stereocenters. The number of amides is 2. The molecule has 0 aliphatic rings. The number of anilines is 1. The third kappa shape index (κ3) is 4.08. The highest BCUT2D eigenvalue weighted by molar-refractivity contribution is 5.90. The van der Waals surface area contributed by atoms with Crippen LogP contribution in [0.15, 0.2) is 24.3 Å². The minimum Gasteiger partial charge on any atom is -0.481 e. The third-order valence-corrected chi connectivity index (χ3v) is 2.65. The lowest BCUT2D eigenvalue weighted by Crippen LogP contribution is -2.36. The Morgan fingerprint density at radius 1 is 1.33 bits per heavy atom. The molecule has 0 aromatic heterocycles. The van der Waals surface area contributed by atoms with Crippen molar-refractivity contribution < 1.29 is 14.7 Å². The summed E-state index contributed by atoms with van der Waals surface area (Å²) in [6.07, 6.45) is -0.0466. The van der Waals surface area contributed by atoms with Crippen LogP contribution >= 0.6 is 0 Å². The van der Waals surface area contributed by atoms with Gasteiger partial charge in [0.25, 0.3) is 0 Å². The van der Waals surface area contributed by atoms with Gasteiger partial charge in [0.05, 0.1) is 6.42 Å². The SMILES string of the molecule is CCN(CCC(=O)O)C(=O)Nc1ccccc1C. The molecule has 0 heterocycles. The number of aliphatic carboxylic acids is 1. The topological polar surface area (TPSA) is 69.6 Å². The number of carbonyl (C=O) groups excluding carboxylic acids is 1. The highest BCUT2D eigenvalue weighted by atomic mass is 16.4.